The lowest BCUT2D eigenvalue weighted by atomic mass is 10.1. The predicted molar refractivity (Wildman–Crippen MR) is 93.2 cm³/mol. The fourth-order valence-electron chi connectivity index (χ4n) is 2.44. The van der Waals surface area contributed by atoms with E-state index in [-0.39, 0.29) is 17.7 Å². The van der Waals surface area contributed by atoms with Crippen LogP contribution in [0.3, 0.4) is 0 Å². The first-order valence-electron chi connectivity index (χ1n) is 7.50. The molecule has 0 unspecified atom stereocenters. The number of aromatic nitrogens is 2. The first-order valence-corrected chi connectivity index (χ1v) is 7.87. The van der Waals surface area contributed by atoms with E-state index in [0.29, 0.717) is 21.8 Å². The lowest BCUT2D eigenvalue weighted by molar-refractivity contribution is 0.0601. The number of carbonyl (C=O) groups excluding carboxylic acids is 2. The molecule has 0 fully saturated rings. The molecule has 0 saturated carbocycles. The summed E-state index contributed by atoms with van der Waals surface area (Å²) in [6.45, 7) is 0.0177. The Kier molecular flexibility index (Phi) is 4.77. The molecule has 0 bridgehead atoms. The Labute approximate surface area is 152 Å². The van der Waals surface area contributed by atoms with Crippen molar-refractivity contribution in [2.24, 2.45) is 7.05 Å². The molecule has 2 heterocycles. The van der Waals surface area contributed by atoms with Crippen LogP contribution in [0.4, 0.5) is 0 Å². The summed E-state index contributed by atoms with van der Waals surface area (Å²) in [4.78, 5) is 39.8. The zero-order valence-corrected chi connectivity index (χ0v) is 14.7. The Morgan fingerprint density at radius 3 is 2.81 bits per heavy atom. The van der Waals surface area contributed by atoms with Crippen LogP contribution in [0.2, 0.25) is 5.02 Å². The van der Waals surface area contributed by atoms with Gasteiger partial charge in [0.1, 0.15) is 22.5 Å². The monoisotopic (exact) mass is 375 g/mol. The molecule has 3 rings (SSSR count). The topological polar surface area (TPSA) is 103 Å². The number of fused-ring (bicyclic) bond motifs is 1. The van der Waals surface area contributed by atoms with Gasteiger partial charge in [0.2, 0.25) is 0 Å². The number of furan rings is 1. The fourth-order valence-corrected chi connectivity index (χ4v) is 2.67. The van der Waals surface area contributed by atoms with Crippen molar-refractivity contribution in [1.82, 2.24) is 14.9 Å². The lowest BCUT2D eigenvalue weighted by Crippen LogP contribution is -2.32. The normalized spacial score (nSPS) is 10.7. The number of amides is 1. The number of aryl methyl sites for hydroxylation is 1. The molecule has 134 valence electrons. The van der Waals surface area contributed by atoms with Crippen molar-refractivity contribution in [3.05, 3.63) is 63.0 Å². The van der Waals surface area contributed by atoms with Gasteiger partial charge in [-0.05, 0) is 18.2 Å². The highest BCUT2D eigenvalue weighted by atomic mass is 35.5. The minimum Gasteiger partial charge on any atom is -0.465 e. The van der Waals surface area contributed by atoms with Gasteiger partial charge in [-0.25, -0.2) is 9.78 Å². The number of carbonyl (C=O) groups is 2. The standard InChI is InChI=1S/C17H14ClN3O5/c1-21-8-19-7-13(16(21)23)15(22)20-6-11-4-9-3-10(18)5-12(14(9)26-11)17(24)25-2/h3-5,7-8H,6H2,1-2H3,(H,20,22). The van der Waals surface area contributed by atoms with E-state index in [1.807, 2.05) is 0 Å². The fraction of sp³-hybridized carbons (Fsp3) is 0.176. The van der Waals surface area contributed by atoms with Crippen LogP contribution in [0.15, 0.2) is 39.9 Å². The molecular weight excluding hydrogens is 362 g/mol. The third-order valence-electron chi connectivity index (χ3n) is 3.70. The quantitative estimate of drug-likeness (QED) is 0.698. The smallest absolute Gasteiger partial charge is 0.341 e. The largest absolute Gasteiger partial charge is 0.465 e. The van der Waals surface area contributed by atoms with Crippen LogP contribution in [0.5, 0.6) is 0 Å². The number of esters is 1. The van der Waals surface area contributed by atoms with Crippen molar-refractivity contribution in [2.45, 2.75) is 6.54 Å². The summed E-state index contributed by atoms with van der Waals surface area (Å²) < 4.78 is 11.6. The summed E-state index contributed by atoms with van der Waals surface area (Å²) in [5.74, 6) is -0.770. The summed E-state index contributed by atoms with van der Waals surface area (Å²) in [5, 5.41) is 3.54. The molecule has 2 aromatic heterocycles. The molecule has 0 aliphatic carbocycles. The van der Waals surface area contributed by atoms with E-state index >= 15 is 0 Å². The predicted octanol–water partition coefficient (Wildman–Crippen LogP) is 1.90. The Balaban J connectivity index is 1.86. The van der Waals surface area contributed by atoms with Gasteiger partial charge in [-0.3, -0.25) is 9.59 Å². The van der Waals surface area contributed by atoms with Crippen molar-refractivity contribution in [2.75, 3.05) is 7.11 Å². The molecular formula is C17H14ClN3O5. The molecule has 1 N–H and O–H groups in total. The van der Waals surface area contributed by atoms with E-state index in [1.54, 1.807) is 12.1 Å². The number of hydrogen-bond donors (Lipinski definition) is 1. The molecule has 0 saturated heterocycles. The van der Waals surface area contributed by atoms with Gasteiger partial charge in [-0.1, -0.05) is 11.6 Å². The maximum Gasteiger partial charge on any atom is 0.341 e. The van der Waals surface area contributed by atoms with Crippen molar-refractivity contribution in [1.29, 1.82) is 0 Å². The second kappa shape index (κ2) is 7.01. The second-order valence-electron chi connectivity index (χ2n) is 5.48. The highest BCUT2D eigenvalue weighted by molar-refractivity contribution is 6.32. The van der Waals surface area contributed by atoms with E-state index in [4.69, 9.17) is 20.8 Å². The molecule has 0 spiro atoms. The maximum atomic E-state index is 12.2. The molecule has 3 aromatic rings. The van der Waals surface area contributed by atoms with Gasteiger partial charge in [0.25, 0.3) is 11.5 Å². The van der Waals surface area contributed by atoms with Crippen LogP contribution in [-0.2, 0) is 18.3 Å². The molecule has 26 heavy (non-hydrogen) atoms. The van der Waals surface area contributed by atoms with Crippen LogP contribution in [0, 0.1) is 0 Å². The first kappa shape index (κ1) is 17.7. The van der Waals surface area contributed by atoms with E-state index < -0.39 is 17.4 Å². The summed E-state index contributed by atoms with van der Waals surface area (Å²) >= 11 is 6.01. The number of halogens is 1. The maximum absolute atomic E-state index is 12.2. The van der Waals surface area contributed by atoms with Gasteiger partial charge < -0.3 is 19.0 Å². The first-order chi connectivity index (χ1) is 12.4. The van der Waals surface area contributed by atoms with Gasteiger partial charge in [0.15, 0.2) is 0 Å². The molecule has 1 aromatic carbocycles. The van der Waals surface area contributed by atoms with Gasteiger partial charge in [-0.15, -0.1) is 0 Å². The van der Waals surface area contributed by atoms with Crippen molar-refractivity contribution >= 4 is 34.4 Å². The minimum atomic E-state index is -0.582. The third kappa shape index (κ3) is 3.31. The van der Waals surface area contributed by atoms with Crippen molar-refractivity contribution in [3.8, 4) is 0 Å². The van der Waals surface area contributed by atoms with E-state index in [2.05, 4.69) is 10.3 Å². The molecule has 1 amide bonds. The van der Waals surface area contributed by atoms with Crippen molar-refractivity contribution in [3.63, 3.8) is 0 Å². The summed E-state index contributed by atoms with van der Waals surface area (Å²) in [5.41, 5.74) is -0.0391. The van der Waals surface area contributed by atoms with Crippen LogP contribution in [0.1, 0.15) is 26.5 Å². The van der Waals surface area contributed by atoms with Crippen LogP contribution >= 0.6 is 11.6 Å². The highest BCUT2D eigenvalue weighted by Gasteiger charge is 2.17. The zero-order valence-electron chi connectivity index (χ0n) is 13.9. The van der Waals surface area contributed by atoms with Gasteiger partial charge in [-0.2, -0.15) is 0 Å². The number of hydrogen-bond acceptors (Lipinski definition) is 6. The average molecular weight is 376 g/mol. The third-order valence-corrected chi connectivity index (χ3v) is 3.92. The lowest BCUT2D eigenvalue weighted by Gasteiger charge is -2.04. The molecule has 8 nitrogen and oxygen atoms in total. The number of nitrogens with zero attached hydrogens (tertiary/aromatic N) is 2. The number of nitrogens with one attached hydrogen (secondary N) is 1. The van der Waals surface area contributed by atoms with Gasteiger partial charge in [0, 0.05) is 23.7 Å². The molecule has 0 aliphatic heterocycles. The van der Waals surface area contributed by atoms with Gasteiger partial charge in [0.05, 0.1) is 20.0 Å². The van der Waals surface area contributed by atoms with Crippen LogP contribution < -0.4 is 10.9 Å². The number of rotatable bonds is 4. The van der Waals surface area contributed by atoms with Crippen LogP contribution in [0.25, 0.3) is 11.0 Å². The Bertz CT molecular complexity index is 1070. The summed E-state index contributed by atoms with van der Waals surface area (Å²) in [7, 11) is 2.76. The molecule has 0 radical (unpaired) electrons. The van der Waals surface area contributed by atoms with Crippen molar-refractivity contribution < 1.29 is 18.7 Å². The van der Waals surface area contributed by atoms with E-state index in [1.165, 1.54) is 37.3 Å². The second-order valence-corrected chi connectivity index (χ2v) is 5.92. The zero-order chi connectivity index (χ0) is 18.8. The minimum absolute atomic E-state index is 0.0177. The number of ether oxygens (including phenoxy) is 1. The summed E-state index contributed by atoms with van der Waals surface area (Å²) in [6, 6.07) is 4.73. The van der Waals surface area contributed by atoms with Crippen LogP contribution in [-0.4, -0.2) is 28.5 Å². The summed E-state index contributed by atoms with van der Waals surface area (Å²) in [6.07, 6.45) is 2.52. The number of benzene rings is 1. The molecule has 0 atom stereocenters. The Hall–Kier alpha value is -3.13. The molecule has 9 heteroatoms. The Morgan fingerprint density at radius 2 is 2.08 bits per heavy atom. The Morgan fingerprint density at radius 1 is 1.31 bits per heavy atom. The highest BCUT2D eigenvalue weighted by Crippen LogP contribution is 2.27. The number of methoxy groups -OCH3 is 1. The average Bonchev–Trinajstić information content (AvgIpc) is 3.03. The van der Waals surface area contributed by atoms with E-state index in [0.717, 1.165) is 0 Å². The SMILES string of the molecule is COC(=O)c1cc(Cl)cc2cc(CNC(=O)c3cncn(C)c3=O)oc12. The molecule has 0 aliphatic rings. The van der Waals surface area contributed by atoms with E-state index in [9.17, 15) is 14.4 Å². The van der Waals surface area contributed by atoms with Gasteiger partial charge >= 0.3 is 5.97 Å².